The number of morpholine rings is 1. The molecule has 36 heavy (non-hydrogen) atoms. The van der Waals surface area contributed by atoms with Crippen LogP contribution in [0, 0.1) is 0 Å². The van der Waals surface area contributed by atoms with Crippen LogP contribution < -0.4 is 5.73 Å². The number of ketones is 3. The molecule has 0 spiro atoms. The number of hydrogen-bond donors (Lipinski definition) is 1. The molecule has 9 nitrogen and oxygen atoms in total. The Morgan fingerprint density at radius 2 is 1.28 bits per heavy atom. The highest BCUT2D eigenvalue weighted by Gasteiger charge is 2.19. The van der Waals surface area contributed by atoms with Crippen molar-refractivity contribution in [3.8, 4) is 0 Å². The van der Waals surface area contributed by atoms with E-state index in [1.165, 1.54) is 0 Å². The van der Waals surface area contributed by atoms with E-state index in [2.05, 4.69) is 4.90 Å². The van der Waals surface area contributed by atoms with Crippen molar-refractivity contribution < 1.29 is 19.1 Å². The minimum atomic E-state index is -0.0590. The highest BCUT2D eigenvalue weighted by Crippen LogP contribution is 2.18. The molecule has 3 aromatic heterocycles. The minimum Gasteiger partial charge on any atom is -0.397 e. The number of nitrogens with two attached hydrogens (primary N) is 1. The summed E-state index contributed by atoms with van der Waals surface area (Å²) in [5, 5.41) is 0. The van der Waals surface area contributed by atoms with E-state index in [1.807, 2.05) is 25.5 Å². The molecule has 4 rings (SSSR count). The Morgan fingerprint density at radius 3 is 1.81 bits per heavy atom. The molecule has 1 aliphatic rings. The molecule has 0 unspecified atom stereocenters. The van der Waals surface area contributed by atoms with Gasteiger partial charge in [-0.25, -0.2) is 0 Å². The Kier molecular flexibility index (Phi) is 7.91. The Bertz CT molecular complexity index is 1260. The first-order valence-corrected chi connectivity index (χ1v) is 12.3. The molecule has 1 fully saturated rings. The monoisotopic (exact) mass is 493 g/mol. The number of carbonyl (C=O) groups is 3. The second kappa shape index (κ2) is 11.1. The van der Waals surface area contributed by atoms with Crippen molar-refractivity contribution >= 4 is 23.0 Å². The van der Waals surface area contributed by atoms with Crippen LogP contribution in [0.25, 0.3) is 0 Å². The smallest absolute Gasteiger partial charge is 0.183 e. The molecule has 0 radical (unpaired) electrons. The van der Waals surface area contributed by atoms with Gasteiger partial charge in [-0.3, -0.25) is 19.3 Å². The van der Waals surface area contributed by atoms with Gasteiger partial charge in [-0.15, -0.1) is 0 Å². The Balaban J connectivity index is 1.35. The molecule has 3 aromatic rings. The van der Waals surface area contributed by atoms with Crippen molar-refractivity contribution in [1.29, 1.82) is 0 Å². The number of Topliss-reactive ketones (excluding diaryl/α,β-unsaturated/α-hetero) is 3. The number of nitrogen functional groups attached to an aromatic ring is 1. The van der Waals surface area contributed by atoms with E-state index in [9.17, 15) is 14.4 Å². The van der Waals surface area contributed by atoms with Crippen LogP contribution >= 0.6 is 0 Å². The Morgan fingerprint density at radius 1 is 0.778 bits per heavy atom. The summed E-state index contributed by atoms with van der Waals surface area (Å²) in [6.45, 7) is 4.23. The van der Waals surface area contributed by atoms with Gasteiger partial charge in [0.2, 0.25) is 0 Å². The summed E-state index contributed by atoms with van der Waals surface area (Å²) in [7, 11) is 5.43. The van der Waals surface area contributed by atoms with Crippen LogP contribution in [0.15, 0.2) is 36.8 Å². The van der Waals surface area contributed by atoms with Crippen LogP contribution in [0.1, 0.15) is 55.4 Å². The zero-order valence-corrected chi connectivity index (χ0v) is 21.3. The number of carbonyl (C=O) groups excluding carboxylic acids is 3. The van der Waals surface area contributed by atoms with Gasteiger partial charge in [0.25, 0.3) is 0 Å². The fourth-order valence-corrected chi connectivity index (χ4v) is 4.85. The molecule has 1 aliphatic heterocycles. The first-order chi connectivity index (χ1) is 17.2. The average Bonchev–Trinajstić information content (AvgIpc) is 3.50. The topological polar surface area (TPSA) is 104 Å². The molecule has 0 bridgehead atoms. The van der Waals surface area contributed by atoms with E-state index in [-0.39, 0.29) is 30.2 Å². The third kappa shape index (κ3) is 6.03. The van der Waals surface area contributed by atoms with E-state index >= 15 is 0 Å². The molecule has 2 N–H and O–H groups in total. The van der Waals surface area contributed by atoms with E-state index in [0.29, 0.717) is 29.2 Å². The van der Waals surface area contributed by atoms with Crippen molar-refractivity contribution in [2.75, 3.05) is 38.6 Å². The van der Waals surface area contributed by atoms with Gasteiger partial charge >= 0.3 is 0 Å². The van der Waals surface area contributed by atoms with Gasteiger partial charge < -0.3 is 24.2 Å². The summed E-state index contributed by atoms with van der Waals surface area (Å²) in [6.07, 6.45) is 7.02. The maximum absolute atomic E-state index is 13.1. The number of anilines is 1. The first kappa shape index (κ1) is 25.7. The van der Waals surface area contributed by atoms with Gasteiger partial charge in [-0.2, -0.15) is 0 Å². The normalized spacial score (nSPS) is 14.3. The van der Waals surface area contributed by atoms with E-state index in [4.69, 9.17) is 10.5 Å². The lowest BCUT2D eigenvalue weighted by Crippen LogP contribution is -2.36. The second-order valence-electron chi connectivity index (χ2n) is 9.64. The van der Waals surface area contributed by atoms with Crippen LogP contribution in [-0.2, 0) is 38.7 Å². The largest absolute Gasteiger partial charge is 0.397 e. The van der Waals surface area contributed by atoms with Crippen molar-refractivity contribution in [3.05, 3.63) is 65.0 Å². The summed E-state index contributed by atoms with van der Waals surface area (Å²) in [4.78, 5) is 40.9. The molecule has 0 amide bonds. The van der Waals surface area contributed by atoms with Crippen molar-refractivity contribution in [2.45, 2.75) is 25.7 Å². The number of aryl methyl sites for hydroxylation is 3. The summed E-state index contributed by atoms with van der Waals surface area (Å²) < 4.78 is 10.6. The Labute approximate surface area is 211 Å². The van der Waals surface area contributed by atoms with Crippen LogP contribution in [0.3, 0.4) is 0 Å². The fraction of sp³-hybridized carbons (Fsp3) is 0.444. The number of aromatic nitrogens is 3. The van der Waals surface area contributed by atoms with Crippen molar-refractivity contribution in [1.82, 2.24) is 18.6 Å². The third-order valence-corrected chi connectivity index (χ3v) is 6.72. The van der Waals surface area contributed by atoms with Gasteiger partial charge in [0.1, 0.15) is 0 Å². The molecule has 1 saturated heterocycles. The van der Waals surface area contributed by atoms with Gasteiger partial charge in [0.05, 0.1) is 36.0 Å². The predicted molar refractivity (Wildman–Crippen MR) is 138 cm³/mol. The molecule has 9 heteroatoms. The number of ether oxygens (including phenoxy) is 1. The second-order valence-corrected chi connectivity index (χ2v) is 9.64. The van der Waals surface area contributed by atoms with Crippen LogP contribution in [0.2, 0.25) is 0 Å². The molecule has 4 heterocycles. The molecule has 0 aliphatic carbocycles. The van der Waals surface area contributed by atoms with Gasteiger partial charge in [0.15, 0.2) is 17.3 Å². The summed E-state index contributed by atoms with van der Waals surface area (Å²) in [5.41, 5.74) is 9.60. The lowest BCUT2D eigenvalue weighted by molar-refractivity contribution is 0.0371. The van der Waals surface area contributed by atoms with E-state index < -0.39 is 0 Å². The highest BCUT2D eigenvalue weighted by atomic mass is 16.5. The lowest BCUT2D eigenvalue weighted by atomic mass is 10.1. The van der Waals surface area contributed by atoms with Crippen molar-refractivity contribution in [2.24, 2.45) is 21.1 Å². The molecule has 0 aromatic carbocycles. The van der Waals surface area contributed by atoms with Crippen LogP contribution in [0.4, 0.5) is 5.69 Å². The molecule has 0 saturated carbocycles. The van der Waals surface area contributed by atoms with Crippen LogP contribution in [0.5, 0.6) is 0 Å². The number of hydrogen-bond acceptors (Lipinski definition) is 6. The molecule has 0 atom stereocenters. The molecular formula is C27H35N5O4. The van der Waals surface area contributed by atoms with E-state index in [0.717, 1.165) is 50.4 Å². The lowest BCUT2D eigenvalue weighted by Gasteiger charge is -2.26. The summed E-state index contributed by atoms with van der Waals surface area (Å²) in [5.74, 6) is -0.0275. The SMILES string of the molecule is Cn1cc(CC(=O)c2cc(CC(=O)c3cc(N)cn3C)cn2C)cc1C(=O)CCCN1CCOCC1. The third-order valence-electron chi connectivity index (χ3n) is 6.72. The Hall–Kier alpha value is -3.43. The summed E-state index contributed by atoms with van der Waals surface area (Å²) >= 11 is 0. The zero-order chi connectivity index (χ0) is 25.8. The fourth-order valence-electron chi connectivity index (χ4n) is 4.85. The molecular weight excluding hydrogens is 458 g/mol. The maximum Gasteiger partial charge on any atom is 0.183 e. The number of nitrogens with zero attached hydrogens (tertiary/aromatic N) is 4. The maximum atomic E-state index is 13.1. The van der Waals surface area contributed by atoms with Gasteiger partial charge in [-0.1, -0.05) is 0 Å². The van der Waals surface area contributed by atoms with Gasteiger partial charge in [-0.05, 0) is 42.3 Å². The standard InChI is InChI=1S/C27H35N5O4/c1-29-16-19(11-22(29)25(33)5-4-6-32-7-9-36-10-8-32)13-26(34)23-12-20(17-30(23)2)14-27(35)24-15-21(28)18-31(24)3/h11-12,15-18H,4-10,13-14,28H2,1-3H3. The van der Waals surface area contributed by atoms with Crippen LogP contribution in [-0.4, -0.2) is 68.8 Å². The van der Waals surface area contributed by atoms with Gasteiger partial charge in [0, 0.05) is 72.1 Å². The highest BCUT2D eigenvalue weighted by molar-refractivity contribution is 5.99. The zero-order valence-electron chi connectivity index (χ0n) is 21.3. The summed E-state index contributed by atoms with van der Waals surface area (Å²) in [6, 6.07) is 5.25. The number of rotatable bonds is 11. The predicted octanol–water partition coefficient (Wildman–Crippen LogP) is 2.43. The quantitative estimate of drug-likeness (QED) is 0.412. The van der Waals surface area contributed by atoms with E-state index in [1.54, 1.807) is 46.1 Å². The van der Waals surface area contributed by atoms with Crippen molar-refractivity contribution in [3.63, 3.8) is 0 Å². The first-order valence-electron chi connectivity index (χ1n) is 12.3. The average molecular weight is 494 g/mol. The minimum absolute atomic E-state index is 0.0568. The molecule has 192 valence electrons.